The zero-order chi connectivity index (χ0) is 15.2. The number of aromatic nitrogens is 1. The molecule has 0 fully saturated rings. The lowest BCUT2D eigenvalue weighted by Gasteiger charge is -2.17. The zero-order valence-electron chi connectivity index (χ0n) is 12.6. The SMILES string of the molecule is Cc1cccc(OCCN(C)C(=O)Cc2csc(C)n2)c1. The fraction of sp³-hybridized carbons (Fsp3) is 0.375. The second-order valence-electron chi connectivity index (χ2n) is 5.01. The fourth-order valence-electron chi connectivity index (χ4n) is 1.91. The van der Waals surface area contributed by atoms with Crippen molar-refractivity contribution in [3.8, 4) is 5.75 Å². The number of ether oxygens (including phenoxy) is 1. The summed E-state index contributed by atoms with van der Waals surface area (Å²) in [6, 6.07) is 7.90. The minimum absolute atomic E-state index is 0.0631. The molecule has 1 heterocycles. The first-order valence-corrected chi connectivity index (χ1v) is 7.77. The average molecular weight is 304 g/mol. The molecule has 0 saturated carbocycles. The highest BCUT2D eigenvalue weighted by molar-refractivity contribution is 7.09. The Kier molecular flexibility index (Phi) is 5.33. The maximum atomic E-state index is 12.1. The first-order chi connectivity index (χ1) is 10.0. The van der Waals surface area contributed by atoms with Gasteiger partial charge in [-0.25, -0.2) is 4.98 Å². The van der Waals surface area contributed by atoms with Crippen LogP contribution in [0.1, 0.15) is 16.3 Å². The molecule has 0 saturated heterocycles. The molecule has 1 amide bonds. The topological polar surface area (TPSA) is 42.4 Å². The van der Waals surface area contributed by atoms with E-state index in [1.54, 1.807) is 23.3 Å². The monoisotopic (exact) mass is 304 g/mol. The number of benzene rings is 1. The number of rotatable bonds is 6. The molecule has 0 aliphatic carbocycles. The first-order valence-electron chi connectivity index (χ1n) is 6.89. The summed E-state index contributed by atoms with van der Waals surface area (Å²) in [6.45, 7) is 5.02. The van der Waals surface area contributed by atoms with Gasteiger partial charge in [-0.1, -0.05) is 12.1 Å². The summed E-state index contributed by atoms with van der Waals surface area (Å²) in [5, 5.41) is 2.92. The van der Waals surface area contributed by atoms with Crippen molar-refractivity contribution < 1.29 is 9.53 Å². The van der Waals surface area contributed by atoms with Crippen LogP contribution in [0.4, 0.5) is 0 Å². The number of carbonyl (C=O) groups is 1. The lowest BCUT2D eigenvalue weighted by atomic mass is 10.2. The standard InChI is InChI=1S/C16H20N2O2S/c1-12-5-4-6-15(9-12)20-8-7-18(3)16(19)10-14-11-21-13(2)17-14/h4-6,9,11H,7-8,10H2,1-3H3. The van der Waals surface area contributed by atoms with Gasteiger partial charge in [0.1, 0.15) is 12.4 Å². The Hall–Kier alpha value is -1.88. The predicted octanol–water partition coefficient (Wildman–Crippen LogP) is 2.84. The van der Waals surface area contributed by atoms with Gasteiger partial charge < -0.3 is 9.64 Å². The molecule has 5 heteroatoms. The Morgan fingerprint density at radius 3 is 2.86 bits per heavy atom. The molecule has 2 rings (SSSR count). The van der Waals surface area contributed by atoms with E-state index in [0.717, 1.165) is 22.0 Å². The molecular formula is C16H20N2O2S. The van der Waals surface area contributed by atoms with Crippen molar-refractivity contribution in [1.29, 1.82) is 0 Å². The summed E-state index contributed by atoms with van der Waals surface area (Å²) < 4.78 is 5.65. The maximum absolute atomic E-state index is 12.1. The Morgan fingerprint density at radius 1 is 1.38 bits per heavy atom. The highest BCUT2D eigenvalue weighted by Gasteiger charge is 2.11. The van der Waals surface area contributed by atoms with Crippen molar-refractivity contribution in [3.05, 3.63) is 45.9 Å². The van der Waals surface area contributed by atoms with Gasteiger partial charge in [0.2, 0.25) is 5.91 Å². The molecule has 0 bridgehead atoms. The van der Waals surface area contributed by atoms with Crippen LogP contribution in [0.5, 0.6) is 5.75 Å². The zero-order valence-corrected chi connectivity index (χ0v) is 13.4. The smallest absolute Gasteiger partial charge is 0.228 e. The van der Waals surface area contributed by atoms with E-state index in [4.69, 9.17) is 4.74 Å². The van der Waals surface area contributed by atoms with E-state index in [9.17, 15) is 4.79 Å². The minimum Gasteiger partial charge on any atom is -0.492 e. The van der Waals surface area contributed by atoms with E-state index in [-0.39, 0.29) is 5.91 Å². The molecule has 4 nitrogen and oxygen atoms in total. The molecule has 112 valence electrons. The number of nitrogens with zero attached hydrogens (tertiary/aromatic N) is 2. The number of likely N-dealkylation sites (N-methyl/N-ethyl adjacent to an activating group) is 1. The molecule has 0 radical (unpaired) electrons. The molecule has 1 aromatic heterocycles. The van der Waals surface area contributed by atoms with Gasteiger partial charge in [-0.15, -0.1) is 11.3 Å². The summed E-state index contributed by atoms with van der Waals surface area (Å²) in [5.41, 5.74) is 2.00. The van der Waals surface area contributed by atoms with Gasteiger partial charge >= 0.3 is 0 Å². The molecule has 0 aliphatic rings. The third kappa shape index (κ3) is 4.86. The summed E-state index contributed by atoms with van der Waals surface area (Å²) in [6.07, 6.45) is 0.352. The van der Waals surface area contributed by atoms with Crippen molar-refractivity contribution in [2.75, 3.05) is 20.2 Å². The fourth-order valence-corrected chi connectivity index (χ4v) is 2.52. The van der Waals surface area contributed by atoms with Crippen LogP contribution in [0.2, 0.25) is 0 Å². The molecule has 0 atom stereocenters. The van der Waals surface area contributed by atoms with Crippen molar-refractivity contribution in [2.45, 2.75) is 20.3 Å². The third-order valence-electron chi connectivity index (χ3n) is 3.11. The van der Waals surface area contributed by atoms with E-state index in [0.29, 0.717) is 19.6 Å². The summed E-state index contributed by atoms with van der Waals surface area (Å²) in [4.78, 5) is 18.0. The van der Waals surface area contributed by atoms with Crippen molar-refractivity contribution in [3.63, 3.8) is 0 Å². The largest absolute Gasteiger partial charge is 0.492 e. The van der Waals surface area contributed by atoms with Crippen LogP contribution in [0.3, 0.4) is 0 Å². The van der Waals surface area contributed by atoms with Crippen LogP contribution < -0.4 is 4.74 Å². The molecule has 1 aromatic carbocycles. The number of hydrogen-bond acceptors (Lipinski definition) is 4. The van der Waals surface area contributed by atoms with Crippen LogP contribution in [-0.4, -0.2) is 36.0 Å². The number of aryl methyl sites for hydroxylation is 2. The highest BCUT2D eigenvalue weighted by atomic mass is 32.1. The van der Waals surface area contributed by atoms with Crippen molar-refractivity contribution >= 4 is 17.2 Å². The number of hydrogen-bond donors (Lipinski definition) is 0. The van der Waals surface area contributed by atoms with E-state index < -0.39 is 0 Å². The molecule has 21 heavy (non-hydrogen) atoms. The Bertz CT molecular complexity index is 610. The van der Waals surface area contributed by atoms with E-state index in [2.05, 4.69) is 4.98 Å². The molecular weight excluding hydrogens is 284 g/mol. The van der Waals surface area contributed by atoms with Crippen molar-refractivity contribution in [1.82, 2.24) is 9.88 Å². The van der Waals surface area contributed by atoms with Crippen LogP contribution in [0.15, 0.2) is 29.6 Å². The van der Waals surface area contributed by atoms with Crippen LogP contribution >= 0.6 is 11.3 Å². The Labute approximate surface area is 129 Å². The highest BCUT2D eigenvalue weighted by Crippen LogP contribution is 2.12. The Morgan fingerprint density at radius 2 is 2.19 bits per heavy atom. The second-order valence-corrected chi connectivity index (χ2v) is 6.08. The summed E-state index contributed by atoms with van der Waals surface area (Å²) >= 11 is 1.57. The lowest BCUT2D eigenvalue weighted by Crippen LogP contribution is -2.32. The number of carbonyl (C=O) groups excluding carboxylic acids is 1. The van der Waals surface area contributed by atoms with Gasteiger partial charge in [-0.05, 0) is 31.5 Å². The third-order valence-corrected chi connectivity index (χ3v) is 3.93. The quantitative estimate of drug-likeness (QED) is 0.824. The minimum atomic E-state index is 0.0631. The van der Waals surface area contributed by atoms with Crippen LogP contribution in [0.25, 0.3) is 0 Å². The molecule has 0 unspecified atom stereocenters. The number of amides is 1. The van der Waals surface area contributed by atoms with Gasteiger partial charge in [0, 0.05) is 12.4 Å². The first kappa shape index (κ1) is 15.5. The van der Waals surface area contributed by atoms with Gasteiger partial charge in [0.15, 0.2) is 0 Å². The maximum Gasteiger partial charge on any atom is 0.228 e. The molecule has 2 aromatic rings. The predicted molar refractivity (Wildman–Crippen MR) is 84.9 cm³/mol. The molecule has 0 N–H and O–H groups in total. The van der Waals surface area contributed by atoms with E-state index in [1.165, 1.54) is 0 Å². The van der Waals surface area contributed by atoms with Gasteiger partial charge in [-0.3, -0.25) is 4.79 Å². The second kappa shape index (κ2) is 7.22. The van der Waals surface area contributed by atoms with Gasteiger partial charge in [0.05, 0.1) is 23.7 Å². The van der Waals surface area contributed by atoms with Gasteiger partial charge in [-0.2, -0.15) is 0 Å². The molecule has 0 aliphatic heterocycles. The molecule has 0 spiro atoms. The van der Waals surface area contributed by atoms with E-state index >= 15 is 0 Å². The summed E-state index contributed by atoms with van der Waals surface area (Å²) in [7, 11) is 1.79. The Balaban J connectivity index is 1.76. The lowest BCUT2D eigenvalue weighted by molar-refractivity contribution is -0.129. The van der Waals surface area contributed by atoms with Gasteiger partial charge in [0.25, 0.3) is 0 Å². The average Bonchev–Trinajstić information content (AvgIpc) is 2.84. The number of thiazole rings is 1. The van der Waals surface area contributed by atoms with Crippen LogP contribution in [0, 0.1) is 13.8 Å². The van der Waals surface area contributed by atoms with E-state index in [1.807, 2.05) is 43.5 Å². The van der Waals surface area contributed by atoms with Crippen molar-refractivity contribution in [2.24, 2.45) is 0 Å². The van der Waals surface area contributed by atoms with Crippen LogP contribution in [-0.2, 0) is 11.2 Å². The summed E-state index contributed by atoms with van der Waals surface area (Å²) in [5.74, 6) is 0.902. The normalized spacial score (nSPS) is 10.4.